The highest BCUT2D eigenvalue weighted by Crippen LogP contribution is 2.25. The number of aldehydes is 1. The molecule has 0 fully saturated rings. The van der Waals surface area contributed by atoms with Crippen LogP contribution in [0.4, 0.5) is 0 Å². The minimum atomic E-state index is 0.446. The molecule has 0 atom stereocenters. The van der Waals surface area contributed by atoms with E-state index in [9.17, 15) is 4.79 Å². The molecule has 88 valence electrons. The maximum atomic E-state index is 10.6. The summed E-state index contributed by atoms with van der Waals surface area (Å²) < 4.78 is 5.62. The van der Waals surface area contributed by atoms with Gasteiger partial charge in [0.05, 0.1) is 17.8 Å². The zero-order valence-corrected chi connectivity index (χ0v) is 9.75. The summed E-state index contributed by atoms with van der Waals surface area (Å²) in [5.74, 6) is 1.05. The molecule has 0 saturated carbocycles. The number of carbonyl (C=O) groups is 1. The van der Waals surface area contributed by atoms with Crippen LogP contribution < -0.4 is 4.74 Å². The molecule has 0 bridgehead atoms. The molecule has 1 aromatic heterocycles. The molecular weight excluding hydrogens is 228 g/mol. The Morgan fingerprint density at radius 1 is 1.33 bits per heavy atom. The zero-order valence-electron chi connectivity index (χ0n) is 9.75. The van der Waals surface area contributed by atoms with Crippen molar-refractivity contribution in [1.29, 1.82) is 5.26 Å². The summed E-state index contributed by atoms with van der Waals surface area (Å²) in [6.07, 6.45) is 3.68. The van der Waals surface area contributed by atoms with Gasteiger partial charge in [-0.3, -0.25) is 9.78 Å². The summed E-state index contributed by atoms with van der Waals surface area (Å²) in [6, 6.07) is 8.84. The summed E-state index contributed by atoms with van der Waals surface area (Å²) >= 11 is 0. The second-order valence-electron chi connectivity index (χ2n) is 3.77. The number of benzene rings is 1. The summed E-state index contributed by atoms with van der Waals surface area (Å²) in [5.41, 5.74) is 1.88. The van der Waals surface area contributed by atoms with Gasteiger partial charge in [0.25, 0.3) is 0 Å². The monoisotopic (exact) mass is 238 g/mol. The van der Waals surface area contributed by atoms with Gasteiger partial charge in [0.2, 0.25) is 0 Å². The lowest BCUT2D eigenvalue weighted by molar-refractivity contribution is 0.112. The van der Waals surface area contributed by atoms with Gasteiger partial charge in [0.15, 0.2) is 6.29 Å². The van der Waals surface area contributed by atoms with E-state index < -0.39 is 0 Å². The predicted molar refractivity (Wildman–Crippen MR) is 65.6 cm³/mol. The number of rotatable bonds is 3. The van der Waals surface area contributed by atoms with E-state index in [0.29, 0.717) is 28.9 Å². The van der Waals surface area contributed by atoms with E-state index >= 15 is 0 Å². The molecule has 2 rings (SSSR count). The Morgan fingerprint density at radius 2 is 2.17 bits per heavy atom. The van der Waals surface area contributed by atoms with Gasteiger partial charge in [0, 0.05) is 11.8 Å². The van der Waals surface area contributed by atoms with Gasteiger partial charge in [0.1, 0.15) is 11.5 Å². The molecule has 0 spiro atoms. The molecule has 1 heterocycles. The van der Waals surface area contributed by atoms with Crippen molar-refractivity contribution in [1.82, 2.24) is 4.98 Å². The van der Waals surface area contributed by atoms with Gasteiger partial charge in [-0.05, 0) is 30.7 Å². The van der Waals surface area contributed by atoms with Gasteiger partial charge in [-0.15, -0.1) is 0 Å². The molecule has 0 aliphatic carbocycles. The van der Waals surface area contributed by atoms with Gasteiger partial charge in [-0.25, -0.2) is 0 Å². The van der Waals surface area contributed by atoms with Crippen LogP contribution in [0, 0.1) is 18.3 Å². The lowest BCUT2D eigenvalue weighted by atomic mass is 10.1. The van der Waals surface area contributed by atoms with Crippen molar-refractivity contribution in [3.05, 3.63) is 53.3 Å². The van der Waals surface area contributed by atoms with Crippen molar-refractivity contribution < 1.29 is 9.53 Å². The maximum Gasteiger partial charge on any atom is 0.151 e. The number of carbonyl (C=O) groups excluding carboxylic acids is 1. The predicted octanol–water partition coefficient (Wildman–Crippen LogP) is 2.87. The van der Waals surface area contributed by atoms with E-state index in [0.717, 1.165) is 5.56 Å². The summed E-state index contributed by atoms with van der Waals surface area (Å²) in [4.78, 5) is 14.5. The molecule has 4 heteroatoms. The fraction of sp³-hybridized carbons (Fsp3) is 0.0714. The van der Waals surface area contributed by atoms with Crippen LogP contribution in [0.1, 0.15) is 21.5 Å². The SMILES string of the molecule is Cc1ccc(C#N)cc1Oc1cncc(C=O)c1. The van der Waals surface area contributed by atoms with Crippen LogP contribution in [0.15, 0.2) is 36.7 Å². The number of aromatic nitrogens is 1. The average Bonchev–Trinajstić information content (AvgIpc) is 2.41. The lowest BCUT2D eigenvalue weighted by Crippen LogP contribution is -1.91. The number of hydrogen-bond acceptors (Lipinski definition) is 4. The van der Waals surface area contributed by atoms with E-state index in [1.807, 2.05) is 13.0 Å². The van der Waals surface area contributed by atoms with E-state index in [1.54, 1.807) is 18.2 Å². The topological polar surface area (TPSA) is 63.0 Å². The maximum absolute atomic E-state index is 10.6. The first kappa shape index (κ1) is 11.8. The second kappa shape index (κ2) is 5.11. The quantitative estimate of drug-likeness (QED) is 0.771. The molecule has 0 unspecified atom stereocenters. The first-order chi connectivity index (χ1) is 8.72. The normalized spacial score (nSPS) is 9.56. The van der Waals surface area contributed by atoms with Crippen molar-refractivity contribution in [3.63, 3.8) is 0 Å². The first-order valence-electron chi connectivity index (χ1n) is 5.32. The van der Waals surface area contributed by atoms with Gasteiger partial charge >= 0.3 is 0 Å². The van der Waals surface area contributed by atoms with Crippen LogP contribution in [-0.2, 0) is 0 Å². The number of aryl methyl sites for hydroxylation is 1. The summed E-state index contributed by atoms with van der Waals surface area (Å²) in [5, 5.41) is 8.84. The molecule has 18 heavy (non-hydrogen) atoms. The largest absolute Gasteiger partial charge is 0.455 e. The molecule has 0 amide bonds. The van der Waals surface area contributed by atoms with Crippen molar-refractivity contribution in [2.45, 2.75) is 6.92 Å². The minimum absolute atomic E-state index is 0.446. The number of nitriles is 1. The standard InChI is InChI=1S/C14H10N2O2/c1-10-2-3-11(6-15)5-14(10)18-13-4-12(9-17)7-16-8-13/h2-5,7-9H,1H3. The second-order valence-corrected chi connectivity index (χ2v) is 3.77. The Balaban J connectivity index is 2.33. The van der Waals surface area contributed by atoms with Crippen molar-refractivity contribution >= 4 is 6.29 Å². The summed E-state index contributed by atoms with van der Waals surface area (Å²) in [6.45, 7) is 1.88. The Bertz CT molecular complexity index is 630. The van der Waals surface area contributed by atoms with Crippen LogP contribution in [0.5, 0.6) is 11.5 Å². The summed E-state index contributed by atoms with van der Waals surface area (Å²) in [7, 11) is 0. The fourth-order valence-corrected chi connectivity index (χ4v) is 1.46. The number of nitrogens with zero attached hydrogens (tertiary/aromatic N) is 2. The smallest absolute Gasteiger partial charge is 0.151 e. The minimum Gasteiger partial charge on any atom is -0.455 e. The van der Waals surface area contributed by atoms with Crippen molar-refractivity contribution in [2.24, 2.45) is 0 Å². The van der Waals surface area contributed by atoms with E-state index in [1.165, 1.54) is 12.4 Å². The van der Waals surface area contributed by atoms with E-state index in [4.69, 9.17) is 10.00 Å². The lowest BCUT2D eigenvalue weighted by Gasteiger charge is -2.08. The Labute approximate surface area is 104 Å². The average molecular weight is 238 g/mol. The molecule has 2 aromatic rings. The molecule has 0 saturated heterocycles. The Hall–Kier alpha value is -2.67. The first-order valence-corrected chi connectivity index (χ1v) is 5.32. The number of hydrogen-bond donors (Lipinski definition) is 0. The number of ether oxygens (including phenoxy) is 1. The Kier molecular flexibility index (Phi) is 3.35. The molecule has 0 aliphatic heterocycles. The highest BCUT2D eigenvalue weighted by Gasteiger charge is 2.04. The van der Waals surface area contributed by atoms with Gasteiger partial charge < -0.3 is 4.74 Å². The van der Waals surface area contributed by atoms with E-state index in [2.05, 4.69) is 11.1 Å². The van der Waals surface area contributed by atoms with Crippen LogP contribution in [0.2, 0.25) is 0 Å². The molecule has 1 aromatic carbocycles. The Morgan fingerprint density at radius 3 is 2.89 bits per heavy atom. The number of pyridine rings is 1. The van der Waals surface area contributed by atoms with Crippen molar-refractivity contribution in [3.8, 4) is 17.6 Å². The molecule has 0 aliphatic rings. The van der Waals surface area contributed by atoms with Crippen LogP contribution in [0.25, 0.3) is 0 Å². The highest BCUT2D eigenvalue weighted by molar-refractivity contribution is 5.74. The van der Waals surface area contributed by atoms with Crippen LogP contribution in [0.3, 0.4) is 0 Å². The molecule has 0 radical (unpaired) electrons. The molecule has 0 N–H and O–H groups in total. The zero-order chi connectivity index (χ0) is 13.0. The third-order valence-electron chi connectivity index (χ3n) is 2.42. The van der Waals surface area contributed by atoms with Crippen LogP contribution in [-0.4, -0.2) is 11.3 Å². The van der Waals surface area contributed by atoms with Crippen molar-refractivity contribution in [2.75, 3.05) is 0 Å². The van der Waals surface area contributed by atoms with E-state index in [-0.39, 0.29) is 0 Å². The molecule has 4 nitrogen and oxygen atoms in total. The van der Waals surface area contributed by atoms with Crippen LogP contribution >= 0.6 is 0 Å². The fourth-order valence-electron chi connectivity index (χ4n) is 1.46. The highest BCUT2D eigenvalue weighted by atomic mass is 16.5. The van der Waals surface area contributed by atoms with Gasteiger partial charge in [-0.2, -0.15) is 5.26 Å². The van der Waals surface area contributed by atoms with Gasteiger partial charge in [-0.1, -0.05) is 6.07 Å². The molecular formula is C14H10N2O2. The third kappa shape index (κ3) is 2.53. The third-order valence-corrected chi connectivity index (χ3v) is 2.42.